The van der Waals surface area contributed by atoms with Crippen LogP contribution in [0.1, 0.15) is 0 Å². The number of nitrogens with two attached hydrogens (primary N) is 1. The largest absolute Gasteiger partial charge is 1.00 e. The minimum absolute atomic E-state index is 0. The van der Waals surface area contributed by atoms with Gasteiger partial charge in [0.25, 0.3) is 0 Å². The Balaban J connectivity index is -0.000000173. The maximum Gasteiger partial charge on any atom is 1.00 e. The van der Waals surface area contributed by atoms with Crippen LogP contribution in [0.3, 0.4) is 0 Å². The Morgan fingerprint density at radius 2 is 1.85 bits per heavy atom. The fraction of sp³-hybridized carbons (Fsp3) is 0.857. The van der Waals surface area contributed by atoms with Crippen LogP contribution in [-0.4, -0.2) is 44.9 Å². The van der Waals surface area contributed by atoms with Gasteiger partial charge in [-0.2, -0.15) is 5.75 Å². The van der Waals surface area contributed by atoms with Crippen molar-refractivity contribution >= 4 is 26.5 Å². The van der Waals surface area contributed by atoms with Crippen LogP contribution in [0, 0.1) is 0 Å². The van der Waals surface area contributed by atoms with E-state index >= 15 is 0 Å². The summed E-state index contributed by atoms with van der Waals surface area (Å²) in [5, 5.41) is 0. The molecule has 0 aliphatic carbocycles. The first-order chi connectivity index (χ1) is 5.45. The fourth-order valence-electron chi connectivity index (χ4n) is 0.219. The van der Waals surface area contributed by atoms with Gasteiger partial charge in [-0.15, -0.1) is 7.92 Å². The van der Waals surface area contributed by atoms with Gasteiger partial charge in [0.15, 0.2) is 0 Å². The molecular weight excluding hydrogens is 390 g/mol. The number of rotatable bonds is 2. The van der Waals surface area contributed by atoms with Crippen LogP contribution in [-0.2, 0) is 44.5 Å². The van der Waals surface area contributed by atoms with Gasteiger partial charge in [0, 0.05) is 0 Å². The third-order valence-electron chi connectivity index (χ3n) is 0.683. The Hall–Kier alpha value is 0.950. The van der Waals surface area contributed by atoms with Gasteiger partial charge in [0.2, 0.25) is 0 Å². The zero-order chi connectivity index (χ0) is 10.1. The van der Waals surface area contributed by atoms with Crippen molar-refractivity contribution in [1.82, 2.24) is 0 Å². The van der Waals surface area contributed by atoms with Crippen LogP contribution >= 0.6 is 7.92 Å². The first-order valence-electron chi connectivity index (χ1n) is 3.48. The number of hydrogen-bond acceptors (Lipinski definition) is 4. The molecule has 0 aliphatic rings. The molecule has 2 N–H and O–H groups in total. The second-order valence-corrected chi connectivity index (χ2v) is 5.65. The third kappa shape index (κ3) is 19.4. The molecule has 6 heteroatoms. The van der Waals surface area contributed by atoms with E-state index in [1.807, 2.05) is 0 Å². The Bertz CT molecular complexity index is 124. The van der Waals surface area contributed by atoms with Gasteiger partial charge in [0.1, 0.15) is 0 Å². The SMILES string of the molecule is COC(=O)C(N)C[S-].CP(C)C.[Au+]. The molecule has 0 aliphatic heterocycles. The van der Waals surface area contributed by atoms with Crippen molar-refractivity contribution < 1.29 is 31.9 Å². The monoisotopic (exact) mass is 407 g/mol. The summed E-state index contributed by atoms with van der Waals surface area (Å²) in [6.45, 7) is 6.69. The molecule has 0 saturated heterocycles. The first-order valence-corrected chi connectivity index (χ1v) is 6.74. The number of hydrogen-bond donors (Lipinski definition) is 1. The maximum atomic E-state index is 10.3. The standard InChI is InChI=1S/C4H9NO2S.C3H9P.Au/c1-7-4(6)3(5)2-8;1-4(2)3;/h3,8H,2,5H2,1H3;1-3H3;/q;;+1/p-1. The minimum Gasteiger partial charge on any atom is -0.791 e. The molecular formula is C7H17AuNO2PS. The quantitative estimate of drug-likeness (QED) is 0.312. The molecule has 0 aromatic carbocycles. The molecule has 0 heterocycles. The molecule has 0 bridgehead atoms. The van der Waals surface area contributed by atoms with Gasteiger partial charge >= 0.3 is 28.3 Å². The van der Waals surface area contributed by atoms with E-state index in [-0.39, 0.29) is 28.1 Å². The molecule has 0 radical (unpaired) electrons. The van der Waals surface area contributed by atoms with Crippen molar-refractivity contribution in [3.05, 3.63) is 0 Å². The summed E-state index contributed by atoms with van der Waals surface area (Å²) >= 11 is 4.49. The van der Waals surface area contributed by atoms with Crippen molar-refractivity contribution in [1.29, 1.82) is 0 Å². The molecule has 0 spiro atoms. The van der Waals surface area contributed by atoms with E-state index in [1.54, 1.807) is 0 Å². The molecule has 0 aromatic heterocycles. The van der Waals surface area contributed by atoms with E-state index in [9.17, 15) is 4.79 Å². The normalized spacial score (nSPS) is 10.7. The zero-order valence-electron chi connectivity index (χ0n) is 8.34. The van der Waals surface area contributed by atoms with Crippen molar-refractivity contribution in [3.8, 4) is 0 Å². The predicted octanol–water partition coefficient (Wildman–Crippen LogP) is 0.389. The predicted molar refractivity (Wildman–Crippen MR) is 56.9 cm³/mol. The number of ether oxygens (including phenoxy) is 1. The van der Waals surface area contributed by atoms with Gasteiger partial charge < -0.3 is 23.1 Å². The van der Waals surface area contributed by atoms with Gasteiger partial charge in [-0.3, -0.25) is 4.79 Å². The molecule has 0 rings (SSSR count). The van der Waals surface area contributed by atoms with Gasteiger partial charge in [-0.05, 0) is 20.0 Å². The number of carbonyl (C=O) groups excluding carboxylic acids is 1. The summed E-state index contributed by atoms with van der Waals surface area (Å²) < 4.78 is 4.27. The topological polar surface area (TPSA) is 52.3 Å². The molecule has 3 nitrogen and oxygen atoms in total. The van der Waals surface area contributed by atoms with E-state index in [1.165, 1.54) is 7.11 Å². The smallest absolute Gasteiger partial charge is 0.791 e. The van der Waals surface area contributed by atoms with Gasteiger partial charge in [-0.25, -0.2) is 0 Å². The van der Waals surface area contributed by atoms with E-state index in [0.29, 0.717) is 7.92 Å². The van der Waals surface area contributed by atoms with E-state index in [2.05, 4.69) is 37.4 Å². The van der Waals surface area contributed by atoms with Crippen molar-refractivity contribution in [2.24, 2.45) is 5.73 Å². The van der Waals surface area contributed by atoms with Gasteiger partial charge in [0.05, 0.1) is 13.2 Å². The summed E-state index contributed by atoms with van der Waals surface area (Å²) in [5.41, 5.74) is 5.15. The summed E-state index contributed by atoms with van der Waals surface area (Å²) in [6, 6.07) is -0.630. The van der Waals surface area contributed by atoms with E-state index < -0.39 is 12.0 Å². The Morgan fingerprint density at radius 1 is 1.54 bits per heavy atom. The number of methoxy groups -OCH3 is 1. The maximum absolute atomic E-state index is 10.3. The van der Waals surface area contributed by atoms with Crippen molar-refractivity contribution in [2.45, 2.75) is 6.04 Å². The van der Waals surface area contributed by atoms with Crippen LogP contribution < -0.4 is 5.73 Å². The molecule has 1 atom stereocenters. The zero-order valence-corrected chi connectivity index (χ0v) is 12.2. The number of esters is 1. The van der Waals surface area contributed by atoms with Crippen molar-refractivity contribution in [2.75, 3.05) is 32.9 Å². The van der Waals surface area contributed by atoms with Crippen LogP contribution in [0.25, 0.3) is 0 Å². The fourth-order valence-corrected chi connectivity index (χ4v) is 0.355. The molecule has 13 heavy (non-hydrogen) atoms. The second kappa shape index (κ2) is 13.0. The Morgan fingerprint density at radius 3 is 1.92 bits per heavy atom. The Labute approximate surface area is 103 Å². The van der Waals surface area contributed by atoms with Crippen LogP contribution in [0.5, 0.6) is 0 Å². The van der Waals surface area contributed by atoms with Crippen LogP contribution in [0.4, 0.5) is 0 Å². The van der Waals surface area contributed by atoms with Crippen molar-refractivity contribution in [3.63, 3.8) is 0 Å². The molecule has 0 aromatic rings. The first kappa shape index (κ1) is 19.5. The number of carbonyl (C=O) groups is 1. The van der Waals surface area contributed by atoms with E-state index in [4.69, 9.17) is 5.73 Å². The summed E-state index contributed by atoms with van der Waals surface area (Å²) in [7, 11) is 1.66. The summed E-state index contributed by atoms with van der Waals surface area (Å²) in [4.78, 5) is 10.3. The average Bonchev–Trinajstić information content (AvgIpc) is 2.00. The van der Waals surface area contributed by atoms with Crippen LogP contribution in [0.15, 0.2) is 0 Å². The summed E-state index contributed by atoms with van der Waals surface area (Å²) in [5.74, 6) is -0.229. The molecule has 1 unspecified atom stereocenters. The average molecular weight is 407 g/mol. The molecule has 0 fully saturated rings. The Kier molecular flexibility index (Phi) is 19.4. The van der Waals surface area contributed by atoms with E-state index in [0.717, 1.165) is 0 Å². The molecule has 0 amide bonds. The molecule has 84 valence electrons. The molecule has 0 saturated carbocycles. The third-order valence-corrected chi connectivity index (χ3v) is 1.04. The van der Waals surface area contributed by atoms with Gasteiger partial charge in [-0.1, -0.05) is 0 Å². The summed E-state index contributed by atoms with van der Waals surface area (Å²) in [6.07, 6.45) is 0. The van der Waals surface area contributed by atoms with Crippen LogP contribution in [0.2, 0.25) is 0 Å². The second-order valence-electron chi connectivity index (χ2n) is 2.64. The minimum atomic E-state index is -0.630.